The number of pyridine rings is 1. The van der Waals surface area contributed by atoms with Gasteiger partial charge < -0.3 is 5.73 Å². The van der Waals surface area contributed by atoms with E-state index in [-0.39, 0.29) is 17.3 Å². The van der Waals surface area contributed by atoms with Gasteiger partial charge in [0.15, 0.2) is 0 Å². The SMILES string of the molecule is CN1C(N)=N[C@](C)(c2cc(Cc3ncnc4cc(Br)cnc34)ccc2F)CS1(=O)=O. The van der Waals surface area contributed by atoms with Gasteiger partial charge in [-0.05, 0) is 40.5 Å². The fourth-order valence-electron chi connectivity index (χ4n) is 3.48. The molecule has 0 saturated carbocycles. The molecule has 0 saturated heterocycles. The summed E-state index contributed by atoms with van der Waals surface area (Å²) in [6.07, 6.45) is 3.47. The number of rotatable bonds is 3. The number of benzene rings is 1. The Kier molecular flexibility index (Phi) is 4.97. The third-order valence-corrected chi connectivity index (χ3v) is 7.45. The second-order valence-electron chi connectivity index (χ2n) is 7.30. The zero-order valence-electron chi connectivity index (χ0n) is 16.2. The lowest BCUT2D eigenvalue weighted by Gasteiger charge is -2.34. The Balaban J connectivity index is 1.77. The lowest BCUT2D eigenvalue weighted by molar-refractivity contribution is 0.457. The molecule has 11 heteroatoms. The van der Waals surface area contributed by atoms with Gasteiger partial charge >= 0.3 is 0 Å². The van der Waals surface area contributed by atoms with Crippen LogP contribution < -0.4 is 5.73 Å². The maximum Gasteiger partial charge on any atom is 0.239 e. The first kappa shape index (κ1) is 20.6. The zero-order chi connectivity index (χ0) is 21.7. The van der Waals surface area contributed by atoms with E-state index in [1.165, 1.54) is 19.4 Å². The Bertz CT molecular complexity index is 1300. The van der Waals surface area contributed by atoms with E-state index in [1.54, 1.807) is 25.3 Å². The molecule has 0 aliphatic carbocycles. The largest absolute Gasteiger partial charge is 0.369 e. The molecule has 2 N–H and O–H groups in total. The predicted molar refractivity (Wildman–Crippen MR) is 115 cm³/mol. The van der Waals surface area contributed by atoms with Crippen LogP contribution in [-0.4, -0.2) is 46.4 Å². The molecule has 1 aliphatic heterocycles. The molecular formula is C19H18BrFN6O2S. The summed E-state index contributed by atoms with van der Waals surface area (Å²) in [7, 11) is -2.39. The predicted octanol–water partition coefficient (Wildman–Crippen LogP) is 2.32. The van der Waals surface area contributed by atoms with Gasteiger partial charge in [-0.1, -0.05) is 12.1 Å². The van der Waals surface area contributed by atoms with Crippen LogP contribution in [0.15, 0.2) is 46.3 Å². The van der Waals surface area contributed by atoms with Crippen LogP contribution in [0.3, 0.4) is 0 Å². The Morgan fingerprint density at radius 3 is 2.77 bits per heavy atom. The van der Waals surface area contributed by atoms with Crippen molar-refractivity contribution in [1.29, 1.82) is 0 Å². The normalized spacial score (nSPS) is 20.9. The van der Waals surface area contributed by atoms with E-state index < -0.39 is 21.4 Å². The third-order valence-electron chi connectivity index (χ3n) is 5.07. The molecule has 1 atom stereocenters. The van der Waals surface area contributed by atoms with Crippen LogP contribution in [-0.2, 0) is 22.0 Å². The number of nitrogens with zero attached hydrogens (tertiary/aromatic N) is 5. The minimum Gasteiger partial charge on any atom is -0.369 e. The van der Waals surface area contributed by atoms with Crippen LogP contribution in [0.4, 0.5) is 4.39 Å². The highest BCUT2D eigenvalue weighted by Gasteiger charge is 2.41. The molecule has 1 aromatic carbocycles. The molecule has 0 bridgehead atoms. The highest BCUT2D eigenvalue weighted by atomic mass is 79.9. The number of aliphatic imine (C=N–C) groups is 1. The topological polar surface area (TPSA) is 114 Å². The average molecular weight is 493 g/mol. The number of nitrogens with two attached hydrogens (primary N) is 1. The van der Waals surface area contributed by atoms with Crippen molar-refractivity contribution in [3.05, 3.63) is 63.9 Å². The molecular weight excluding hydrogens is 475 g/mol. The van der Waals surface area contributed by atoms with Gasteiger partial charge in [0.1, 0.15) is 23.2 Å². The van der Waals surface area contributed by atoms with Crippen molar-refractivity contribution in [1.82, 2.24) is 19.3 Å². The van der Waals surface area contributed by atoms with Gasteiger partial charge in [0.25, 0.3) is 0 Å². The molecule has 2 aromatic heterocycles. The second-order valence-corrected chi connectivity index (χ2v) is 10.2. The second kappa shape index (κ2) is 7.24. The average Bonchev–Trinajstić information content (AvgIpc) is 2.67. The van der Waals surface area contributed by atoms with Crippen molar-refractivity contribution in [2.75, 3.05) is 12.8 Å². The van der Waals surface area contributed by atoms with Gasteiger partial charge in [0.05, 0.1) is 17.0 Å². The van der Waals surface area contributed by atoms with Crippen molar-refractivity contribution >= 4 is 42.9 Å². The standard InChI is InChI=1S/C19H18BrFN6O2S/c1-19(9-30(28,29)27(2)18(22)26-19)13-5-11(3-4-14(13)21)6-15-17-16(25-10-24-15)7-12(20)8-23-17/h3-5,7-8,10H,6,9H2,1-2H3,(H2,22,26)/t19-/m0/s1. The highest BCUT2D eigenvalue weighted by molar-refractivity contribution is 9.10. The van der Waals surface area contributed by atoms with E-state index in [2.05, 4.69) is 35.9 Å². The monoisotopic (exact) mass is 492 g/mol. The molecule has 156 valence electrons. The quantitative estimate of drug-likeness (QED) is 0.599. The van der Waals surface area contributed by atoms with E-state index in [0.717, 1.165) is 14.3 Å². The summed E-state index contributed by atoms with van der Waals surface area (Å²) in [5, 5.41) is 0. The number of hydrogen-bond acceptors (Lipinski definition) is 7. The number of fused-ring (bicyclic) bond motifs is 1. The number of aromatic nitrogens is 3. The molecule has 1 aliphatic rings. The van der Waals surface area contributed by atoms with Crippen molar-refractivity contribution in [3.63, 3.8) is 0 Å². The Hall–Kier alpha value is -2.66. The first-order valence-corrected chi connectivity index (χ1v) is 11.4. The number of guanidine groups is 1. The first-order valence-electron chi connectivity index (χ1n) is 8.95. The van der Waals surface area contributed by atoms with E-state index >= 15 is 0 Å². The molecule has 0 amide bonds. The summed E-state index contributed by atoms with van der Waals surface area (Å²) in [6, 6.07) is 6.39. The molecule has 0 radical (unpaired) electrons. The van der Waals surface area contributed by atoms with Gasteiger partial charge in [-0.25, -0.2) is 32.1 Å². The summed E-state index contributed by atoms with van der Waals surface area (Å²) < 4.78 is 41.4. The minimum atomic E-state index is -3.71. The maximum absolute atomic E-state index is 14.7. The fraction of sp³-hybridized carbons (Fsp3) is 0.263. The number of sulfonamides is 1. The molecule has 30 heavy (non-hydrogen) atoms. The van der Waals surface area contributed by atoms with Gasteiger partial charge in [0, 0.05) is 29.7 Å². The molecule has 3 aromatic rings. The van der Waals surface area contributed by atoms with Crippen LogP contribution in [0.1, 0.15) is 23.7 Å². The Morgan fingerprint density at radius 1 is 1.27 bits per heavy atom. The smallest absolute Gasteiger partial charge is 0.239 e. The summed E-state index contributed by atoms with van der Waals surface area (Å²) in [5.41, 5.74) is 7.36. The molecule has 0 fully saturated rings. The lowest BCUT2D eigenvalue weighted by Crippen LogP contribution is -2.50. The van der Waals surface area contributed by atoms with Crippen LogP contribution in [0.5, 0.6) is 0 Å². The van der Waals surface area contributed by atoms with Crippen LogP contribution >= 0.6 is 15.9 Å². The molecule has 3 heterocycles. The van der Waals surface area contributed by atoms with E-state index in [0.29, 0.717) is 23.1 Å². The van der Waals surface area contributed by atoms with Gasteiger partial charge in [-0.15, -0.1) is 0 Å². The van der Waals surface area contributed by atoms with E-state index in [1.807, 2.05) is 6.07 Å². The third kappa shape index (κ3) is 3.63. The van der Waals surface area contributed by atoms with E-state index in [9.17, 15) is 12.8 Å². The number of hydrogen-bond donors (Lipinski definition) is 1. The summed E-state index contributed by atoms with van der Waals surface area (Å²) in [4.78, 5) is 17.2. The van der Waals surface area contributed by atoms with Gasteiger partial charge in [-0.2, -0.15) is 0 Å². The molecule has 8 nitrogen and oxygen atoms in total. The van der Waals surface area contributed by atoms with Crippen molar-refractivity contribution < 1.29 is 12.8 Å². The zero-order valence-corrected chi connectivity index (χ0v) is 18.6. The van der Waals surface area contributed by atoms with Gasteiger partial charge in [0.2, 0.25) is 16.0 Å². The van der Waals surface area contributed by atoms with Crippen molar-refractivity contribution in [2.45, 2.75) is 18.9 Å². The lowest BCUT2D eigenvalue weighted by atomic mass is 9.91. The maximum atomic E-state index is 14.7. The van der Waals surface area contributed by atoms with Crippen molar-refractivity contribution in [2.24, 2.45) is 10.7 Å². The van der Waals surface area contributed by atoms with Crippen LogP contribution in [0, 0.1) is 5.82 Å². The first-order chi connectivity index (χ1) is 14.1. The van der Waals surface area contributed by atoms with E-state index in [4.69, 9.17) is 5.73 Å². The van der Waals surface area contributed by atoms with Crippen LogP contribution in [0.2, 0.25) is 0 Å². The molecule has 4 rings (SSSR count). The van der Waals surface area contributed by atoms with Crippen LogP contribution in [0.25, 0.3) is 11.0 Å². The molecule has 0 unspecified atom stereocenters. The van der Waals surface area contributed by atoms with Gasteiger partial charge in [-0.3, -0.25) is 4.98 Å². The Labute approximate surface area is 181 Å². The minimum absolute atomic E-state index is 0.161. The summed E-state index contributed by atoms with van der Waals surface area (Å²) in [5.74, 6) is -1.11. The highest BCUT2D eigenvalue weighted by Crippen LogP contribution is 2.34. The molecule has 0 spiro atoms. The number of halogens is 2. The summed E-state index contributed by atoms with van der Waals surface area (Å²) >= 11 is 3.37. The summed E-state index contributed by atoms with van der Waals surface area (Å²) in [6.45, 7) is 1.56. The Morgan fingerprint density at radius 2 is 2.03 bits per heavy atom. The van der Waals surface area contributed by atoms with Crippen molar-refractivity contribution in [3.8, 4) is 0 Å². The fourth-order valence-corrected chi connectivity index (χ4v) is 5.25.